The number of rotatable bonds is 11. The summed E-state index contributed by atoms with van der Waals surface area (Å²) in [4.78, 5) is 38.1. The number of esters is 2. The Morgan fingerprint density at radius 3 is 2.24 bits per heavy atom. The maximum Gasteiger partial charge on any atom is 0.408 e. The highest BCUT2D eigenvalue weighted by Crippen LogP contribution is 2.45. The molecule has 0 heterocycles. The van der Waals surface area contributed by atoms with Crippen LogP contribution in [-0.4, -0.2) is 66.1 Å². The fraction of sp³-hybridized carbons (Fsp3) is 0.606. The van der Waals surface area contributed by atoms with Crippen molar-refractivity contribution in [2.75, 3.05) is 13.9 Å². The molecular formula is C33H45ClINO10. The molecule has 46 heavy (non-hydrogen) atoms. The molecule has 0 spiro atoms. The number of benzene rings is 1. The third-order valence-corrected chi connectivity index (χ3v) is 7.77. The lowest BCUT2D eigenvalue weighted by Gasteiger charge is -2.32. The Bertz CT molecular complexity index is 1320. The van der Waals surface area contributed by atoms with Gasteiger partial charge in [0, 0.05) is 17.1 Å². The molecular weight excluding hydrogens is 733 g/mol. The summed E-state index contributed by atoms with van der Waals surface area (Å²) in [6.07, 6.45) is 4.36. The van der Waals surface area contributed by atoms with Crippen LogP contribution in [0.25, 0.3) is 0 Å². The molecule has 0 fully saturated rings. The first kappa shape index (κ1) is 39.4. The zero-order chi connectivity index (χ0) is 35.3. The Hall–Kier alpha value is -2.73. The van der Waals surface area contributed by atoms with Gasteiger partial charge in [0.25, 0.3) is 0 Å². The van der Waals surface area contributed by atoms with E-state index < -0.39 is 58.5 Å². The van der Waals surface area contributed by atoms with E-state index in [0.717, 1.165) is 0 Å². The molecule has 2 N–H and O–H groups in total. The Balaban J connectivity index is 2.49. The second kappa shape index (κ2) is 15.4. The highest BCUT2D eigenvalue weighted by atomic mass is 127. The zero-order valence-corrected chi connectivity index (χ0v) is 31.0. The molecule has 0 saturated heterocycles. The number of alkyl carbamates (subject to hydrolysis) is 1. The van der Waals surface area contributed by atoms with Crippen molar-refractivity contribution < 1.29 is 47.9 Å². The van der Waals surface area contributed by atoms with Crippen molar-refractivity contribution in [1.29, 1.82) is 0 Å². The molecule has 0 aliphatic heterocycles. The molecule has 256 valence electrons. The molecule has 0 aromatic heterocycles. The number of carbonyl (C=O) groups excluding carboxylic acids is 3. The maximum absolute atomic E-state index is 12.9. The van der Waals surface area contributed by atoms with Crippen molar-refractivity contribution in [3.63, 3.8) is 0 Å². The van der Waals surface area contributed by atoms with Crippen molar-refractivity contribution in [2.24, 2.45) is 5.41 Å². The van der Waals surface area contributed by atoms with Gasteiger partial charge in [0.2, 0.25) is 0 Å². The van der Waals surface area contributed by atoms with E-state index in [2.05, 4.69) is 11.2 Å². The summed E-state index contributed by atoms with van der Waals surface area (Å²) in [5.74, 6) is 1.49. The van der Waals surface area contributed by atoms with Gasteiger partial charge in [-0.2, -0.15) is 0 Å². The lowest BCUT2D eigenvalue weighted by molar-refractivity contribution is -0.158. The Morgan fingerprint density at radius 1 is 1.11 bits per heavy atom. The third kappa shape index (κ3) is 11.5. The molecule has 4 atom stereocenters. The van der Waals surface area contributed by atoms with E-state index in [-0.39, 0.29) is 36.2 Å². The van der Waals surface area contributed by atoms with Gasteiger partial charge in [-0.05, 0) is 109 Å². The standard InChI is InChI=1S/C33H45ClINO10/c1-12-25(33(40)17-20(15-24(33)35)43-28(38)30(2,3)4)44-27-21(34)13-19(14-23(27)42-18-41-11)22(16-26(37)45-31(5,6)7)36-29(39)46-32(8,9)10/h1,13-15,20,22,25,40H,16-18H2,2-11H3,(H,36,39)/t20-,22+,25-,33-/m1/s1. The van der Waals surface area contributed by atoms with Crippen LogP contribution in [0.3, 0.4) is 0 Å². The SMILES string of the molecule is C#C[C@@H](Oc1c(Cl)cc([C@H](CC(=O)OC(C)(C)C)NC(=O)OC(C)(C)C)cc1OCOC)[C@@]1(O)C[C@H](OC(=O)C(C)(C)C)C=C1I. The van der Waals surface area contributed by atoms with Crippen LogP contribution < -0.4 is 14.8 Å². The molecule has 0 radical (unpaired) electrons. The van der Waals surface area contributed by atoms with Crippen LogP contribution >= 0.6 is 34.2 Å². The average molecular weight is 778 g/mol. The molecule has 0 saturated carbocycles. The van der Waals surface area contributed by atoms with Gasteiger partial charge < -0.3 is 38.8 Å². The van der Waals surface area contributed by atoms with Crippen LogP contribution in [0.1, 0.15) is 86.8 Å². The second-order valence-electron chi connectivity index (χ2n) is 13.9. The number of halogens is 2. The van der Waals surface area contributed by atoms with Crippen LogP contribution in [0.15, 0.2) is 21.8 Å². The van der Waals surface area contributed by atoms with Crippen LogP contribution in [-0.2, 0) is 28.5 Å². The summed E-state index contributed by atoms with van der Waals surface area (Å²) in [6.45, 7) is 15.3. The Morgan fingerprint density at radius 2 is 1.72 bits per heavy atom. The van der Waals surface area contributed by atoms with Gasteiger partial charge in [-0.1, -0.05) is 17.5 Å². The molecule has 0 bridgehead atoms. The third-order valence-electron chi connectivity index (χ3n) is 6.20. The Labute approximate surface area is 290 Å². The van der Waals surface area contributed by atoms with Crippen molar-refractivity contribution in [3.05, 3.63) is 32.4 Å². The number of nitrogens with one attached hydrogen (secondary N) is 1. The molecule has 1 aromatic rings. The molecule has 2 rings (SSSR count). The summed E-state index contributed by atoms with van der Waals surface area (Å²) in [5.41, 5.74) is -3.68. The van der Waals surface area contributed by atoms with E-state index in [4.69, 9.17) is 46.4 Å². The van der Waals surface area contributed by atoms with Crippen LogP contribution in [0.2, 0.25) is 5.02 Å². The summed E-state index contributed by atoms with van der Waals surface area (Å²) in [7, 11) is 1.42. The smallest absolute Gasteiger partial charge is 0.408 e. The number of carbonyl (C=O) groups is 3. The largest absolute Gasteiger partial charge is 0.469 e. The van der Waals surface area contributed by atoms with Crippen molar-refractivity contribution in [1.82, 2.24) is 5.32 Å². The highest BCUT2D eigenvalue weighted by molar-refractivity contribution is 14.1. The van der Waals surface area contributed by atoms with Gasteiger partial charge in [-0.25, -0.2) is 4.79 Å². The van der Waals surface area contributed by atoms with E-state index in [1.165, 1.54) is 19.2 Å². The Kier molecular flexibility index (Phi) is 13.2. The highest BCUT2D eigenvalue weighted by Gasteiger charge is 2.48. The van der Waals surface area contributed by atoms with E-state index in [0.29, 0.717) is 9.14 Å². The minimum Gasteiger partial charge on any atom is -0.469 e. The number of methoxy groups -OCH3 is 1. The topological polar surface area (TPSA) is 139 Å². The first-order valence-electron chi connectivity index (χ1n) is 14.6. The zero-order valence-electron chi connectivity index (χ0n) is 28.0. The quantitative estimate of drug-likeness (QED) is 0.0852. The number of terminal acetylenes is 1. The van der Waals surface area contributed by atoms with E-state index in [1.807, 2.05) is 22.6 Å². The summed E-state index contributed by atoms with van der Waals surface area (Å²) in [6, 6.07) is 2.03. The first-order valence-corrected chi connectivity index (χ1v) is 16.1. The molecule has 1 aromatic carbocycles. The van der Waals surface area contributed by atoms with Crippen LogP contribution in [0, 0.1) is 17.8 Å². The first-order chi connectivity index (χ1) is 21.0. The fourth-order valence-electron chi connectivity index (χ4n) is 4.17. The molecule has 1 aliphatic carbocycles. The van der Waals surface area contributed by atoms with Gasteiger partial charge in [-0.3, -0.25) is 9.59 Å². The minimum absolute atomic E-state index is 0.000301. The van der Waals surface area contributed by atoms with Gasteiger partial charge >= 0.3 is 18.0 Å². The molecule has 1 aliphatic rings. The predicted molar refractivity (Wildman–Crippen MR) is 181 cm³/mol. The lowest BCUT2D eigenvalue weighted by Crippen LogP contribution is -2.45. The maximum atomic E-state index is 12.9. The second-order valence-corrected chi connectivity index (χ2v) is 15.4. The number of hydrogen-bond donors (Lipinski definition) is 2. The van der Waals surface area contributed by atoms with Crippen molar-refractivity contribution >= 4 is 52.2 Å². The van der Waals surface area contributed by atoms with E-state index in [9.17, 15) is 19.5 Å². The van der Waals surface area contributed by atoms with Crippen LogP contribution in [0.5, 0.6) is 11.5 Å². The van der Waals surface area contributed by atoms with Gasteiger partial charge in [-0.15, -0.1) is 6.42 Å². The van der Waals surface area contributed by atoms with Crippen molar-refractivity contribution in [2.45, 2.75) is 110 Å². The molecule has 11 nitrogen and oxygen atoms in total. The number of hydrogen-bond acceptors (Lipinski definition) is 10. The monoisotopic (exact) mass is 777 g/mol. The lowest BCUT2D eigenvalue weighted by atomic mass is 9.95. The van der Waals surface area contributed by atoms with E-state index >= 15 is 0 Å². The summed E-state index contributed by atoms with van der Waals surface area (Å²) < 4.78 is 33.9. The van der Waals surface area contributed by atoms with Crippen LogP contribution in [0.4, 0.5) is 4.79 Å². The number of ether oxygens (including phenoxy) is 6. The van der Waals surface area contributed by atoms with Gasteiger partial charge in [0.15, 0.2) is 24.4 Å². The minimum atomic E-state index is -1.73. The number of aliphatic hydroxyl groups is 1. The predicted octanol–water partition coefficient (Wildman–Crippen LogP) is 6.41. The molecule has 1 amide bonds. The van der Waals surface area contributed by atoms with Crippen molar-refractivity contribution in [3.8, 4) is 23.8 Å². The fourth-order valence-corrected chi connectivity index (χ4v) is 5.33. The number of amides is 1. The average Bonchev–Trinajstić information content (AvgIpc) is 3.16. The molecule has 0 unspecified atom stereocenters. The van der Waals surface area contributed by atoms with Gasteiger partial charge in [0.05, 0.1) is 22.9 Å². The normalized spacial score (nSPS) is 19.7. The molecule has 13 heteroatoms. The summed E-state index contributed by atoms with van der Waals surface area (Å²) in [5, 5.41) is 14.4. The van der Waals surface area contributed by atoms with Gasteiger partial charge in [0.1, 0.15) is 22.9 Å². The summed E-state index contributed by atoms with van der Waals surface area (Å²) >= 11 is 8.67. The van der Waals surface area contributed by atoms with E-state index in [1.54, 1.807) is 68.4 Å².